The number of nitrogens with zero attached hydrogens (tertiary/aromatic N) is 5. The minimum atomic E-state index is 0.566. The Hall–Kier alpha value is -6.07. The smallest absolute Gasteiger partial charge is 0.165 e. The van der Waals surface area contributed by atoms with Gasteiger partial charge in [0.25, 0.3) is 0 Å². The second-order valence-corrected chi connectivity index (χ2v) is 10.6. The lowest BCUT2D eigenvalue weighted by Crippen LogP contribution is -2.00. The van der Waals surface area contributed by atoms with Crippen molar-refractivity contribution >= 4 is 21.7 Å². The fraction of sp³-hybridized carbons (Fsp3) is 0. The van der Waals surface area contributed by atoms with Crippen LogP contribution in [0.4, 0.5) is 0 Å². The minimum absolute atomic E-state index is 0.566. The molecule has 0 atom stereocenters. The third-order valence-corrected chi connectivity index (χ3v) is 7.79. The molecule has 0 N–H and O–H groups in total. The second-order valence-electron chi connectivity index (χ2n) is 10.6. The van der Waals surface area contributed by atoms with Crippen LogP contribution in [0.25, 0.3) is 78.4 Å². The van der Waals surface area contributed by atoms with Gasteiger partial charge in [0.15, 0.2) is 17.5 Å². The maximum atomic E-state index is 5.01. The van der Waals surface area contributed by atoms with Crippen molar-refractivity contribution < 1.29 is 0 Å². The van der Waals surface area contributed by atoms with Crippen LogP contribution in [-0.2, 0) is 0 Å². The molecule has 3 aromatic heterocycles. The first-order valence-corrected chi connectivity index (χ1v) is 14.5. The van der Waals surface area contributed by atoms with E-state index in [2.05, 4.69) is 60.7 Å². The van der Waals surface area contributed by atoms with E-state index in [0.717, 1.165) is 55.3 Å². The van der Waals surface area contributed by atoms with E-state index in [4.69, 9.17) is 24.9 Å². The summed E-state index contributed by atoms with van der Waals surface area (Å²) >= 11 is 0. The van der Waals surface area contributed by atoms with E-state index < -0.39 is 0 Å². The van der Waals surface area contributed by atoms with Gasteiger partial charge in [0.2, 0.25) is 0 Å². The largest absolute Gasteiger partial charge is 0.254 e. The molecule has 0 aliphatic rings. The third kappa shape index (κ3) is 4.76. The topological polar surface area (TPSA) is 64.5 Å². The van der Waals surface area contributed by atoms with Crippen molar-refractivity contribution in [2.75, 3.05) is 0 Å². The van der Waals surface area contributed by atoms with E-state index in [1.165, 1.54) is 5.56 Å². The Morgan fingerprint density at radius 2 is 0.795 bits per heavy atom. The molecule has 0 saturated carbocycles. The molecule has 0 spiro atoms. The number of fused-ring (bicyclic) bond motifs is 3. The first-order chi connectivity index (χ1) is 21.8. The zero-order chi connectivity index (χ0) is 29.3. The maximum absolute atomic E-state index is 5.01. The molecule has 0 aliphatic carbocycles. The van der Waals surface area contributed by atoms with Gasteiger partial charge in [-0.25, -0.2) is 19.9 Å². The Labute approximate surface area is 254 Å². The fourth-order valence-electron chi connectivity index (χ4n) is 5.56. The molecule has 0 amide bonds. The zero-order valence-corrected chi connectivity index (χ0v) is 23.7. The monoisotopic (exact) mass is 563 g/mol. The molecule has 8 rings (SSSR count). The number of pyridine rings is 2. The molecule has 5 aromatic carbocycles. The lowest BCUT2D eigenvalue weighted by Gasteiger charge is -2.11. The molecule has 0 bridgehead atoms. The number of benzene rings is 5. The average molecular weight is 564 g/mol. The van der Waals surface area contributed by atoms with Gasteiger partial charge in [-0.3, -0.25) is 4.98 Å². The highest BCUT2D eigenvalue weighted by Crippen LogP contribution is 2.32. The molecule has 8 aromatic rings. The third-order valence-electron chi connectivity index (χ3n) is 7.79. The Balaban J connectivity index is 1.21. The van der Waals surface area contributed by atoms with Crippen LogP contribution in [0.15, 0.2) is 152 Å². The van der Waals surface area contributed by atoms with E-state index >= 15 is 0 Å². The van der Waals surface area contributed by atoms with Gasteiger partial charge in [-0.1, -0.05) is 127 Å². The van der Waals surface area contributed by atoms with Gasteiger partial charge in [0.1, 0.15) is 0 Å². The Kier molecular flexibility index (Phi) is 6.39. The molecule has 0 unspecified atom stereocenters. The number of aromatic nitrogens is 5. The van der Waals surface area contributed by atoms with Gasteiger partial charge >= 0.3 is 0 Å². The number of hydrogen-bond acceptors (Lipinski definition) is 5. The molecule has 0 fully saturated rings. The van der Waals surface area contributed by atoms with Crippen molar-refractivity contribution in [3.63, 3.8) is 0 Å². The minimum Gasteiger partial charge on any atom is -0.254 e. The highest BCUT2D eigenvalue weighted by Gasteiger charge is 2.15. The van der Waals surface area contributed by atoms with Gasteiger partial charge in [0.05, 0.1) is 16.9 Å². The van der Waals surface area contributed by atoms with Crippen molar-refractivity contribution in [1.82, 2.24) is 24.9 Å². The molecule has 0 saturated heterocycles. The van der Waals surface area contributed by atoms with Crippen molar-refractivity contribution in [2.45, 2.75) is 0 Å². The van der Waals surface area contributed by atoms with Crippen LogP contribution < -0.4 is 0 Å². The highest BCUT2D eigenvalue weighted by molar-refractivity contribution is 6.10. The molecule has 206 valence electrons. The molecular weight excluding hydrogens is 538 g/mol. The summed E-state index contributed by atoms with van der Waals surface area (Å²) in [6.07, 6.45) is 1.83. The molecule has 0 aliphatic heterocycles. The predicted molar refractivity (Wildman–Crippen MR) is 178 cm³/mol. The van der Waals surface area contributed by atoms with Crippen LogP contribution in [0, 0.1) is 0 Å². The summed E-state index contributed by atoms with van der Waals surface area (Å²) in [6.45, 7) is 0. The van der Waals surface area contributed by atoms with Crippen molar-refractivity contribution in [3.8, 4) is 56.7 Å². The fourth-order valence-corrected chi connectivity index (χ4v) is 5.56. The SMILES string of the molecule is c1ccc(-c2ccc(-c3nc(-c4ccccc4)nc(-c4ccc(-c5nc6ccccc6c6ccccc56)nc4)n3)cc2)cc1. The summed E-state index contributed by atoms with van der Waals surface area (Å²) in [6, 6.07) is 49.3. The van der Waals surface area contributed by atoms with E-state index in [1.807, 2.05) is 91.1 Å². The predicted octanol–water partition coefficient (Wildman–Crippen LogP) is 9.30. The molecule has 44 heavy (non-hydrogen) atoms. The van der Waals surface area contributed by atoms with E-state index in [-0.39, 0.29) is 0 Å². The van der Waals surface area contributed by atoms with Crippen molar-refractivity contribution in [2.24, 2.45) is 0 Å². The van der Waals surface area contributed by atoms with Crippen LogP contribution in [0.5, 0.6) is 0 Å². The van der Waals surface area contributed by atoms with E-state index in [9.17, 15) is 0 Å². The summed E-state index contributed by atoms with van der Waals surface area (Å²) in [5.41, 5.74) is 7.55. The summed E-state index contributed by atoms with van der Waals surface area (Å²) in [7, 11) is 0. The summed E-state index contributed by atoms with van der Waals surface area (Å²) < 4.78 is 0. The molecule has 3 heterocycles. The Morgan fingerprint density at radius 1 is 0.318 bits per heavy atom. The Bertz CT molecular complexity index is 2250. The van der Waals surface area contributed by atoms with Crippen LogP contribution in [0.2, 0.25) is 0 Å². The second kappa shape index (κ2) is 11.0. The number of para-hydroxylation sites is 1. The van der Waals surface area contributed by atoms with E-state index in [0.29, 0.717) is 17.5 Å². The van der Waals surface area contributed by atoms with Crippen LogP contribution in [0.1, 0.15) is 0 Å². The Morgan fingerprint density at radius 3 is 1.45 bits per heavy atom. The zero-order valence-electron chi connectivity index (χ0n) is 23.7. The quantitative estimate of drug-likeness (QED) is 0.195. The summed E-state index contributed by atoms with van der Waals surface area (Å²) in [5, 5.41) is 3.36. The summed E-state index contributed by atoms with van der Waals surface area (Å²) in [4.78, 5) is 24.6. The molecule has 0 radical (unpaired) electrons. The standard InChI is InChI=1S/C39H25N5/c1-3-11-26(12-4-1)27-19-21-29(22-20-27)38-42-37(28-13-5-2-6-14-28)43-39(44-38)30-23-24-35(40-25-30)36-33-17-8-7-15-31(33)32-16-9-10-18-34(32)41-36/h1-25H. The normalized spacial score (nSPS) is 11.2. The van der Waals surface area contributed by atoms with Crippen molar-refractivity contribution in [3.05, 3.63) is 152 Å². The van der Waals surface area contributed by atoms with Crippen LogP contribution >= 0.6 is 0 Å². The van der Waals surface area contributed by atoms with Gasteiger partial charge in [0, 0.05) is 33.7 Å². The van der Waals surface area contributed by atoms with Gasteiger partial charge in [-0.15, -0.1) is 0 Å². The number of rotatable bonds is 5. The summed E-state index contributed by atoms with van der Waals surface area (Å²) in [5.74, 6) is 1.79. The molecule has 5 nitrogen and oxygen atoms in total. The molecular formula is C39H25N5. The first kappa shape index (κ1) is 25.6. The van der Waals surface area contributed by atoms with Gasteiger partial charge in [-0.05, 0) is 34.7 Å². The maximum Gasteiger partial charge on any atom is 0.165 e. The number of hydrogen-bond donors (Lipinski definition) is 0. The van der Waals surface area contributed by atoms with Crippen LogP contribution in [-0.4, -0.2) is 24.9 Å². The van der Waals surface area contributed by atoms with Crippen molar-refractivity contribution in [1.29, 1.82) is 0 Å². The lowest BCUT2D eigenvalue weighted by molar-refractivity contribution is 1.07. The average Bonchev–Trinajstić information content (AvgIpc) is 3.12. The first-order valence-electron chi connectivity index (χ1n) is 14.5. The lowest BCUT2D eigenvalue weighted by atomic mass is 10.0. The molecule has 5 heteroatoms. The van der Waals surface area contributed by atoms with Crippen LogP contribution in [0.3, 0.4) is 0 Å². The highest BCUT2D eigenvalue weighted by atomic mass is 15.0. The van der Waals surface area contributed by atoms with Gasteiger partial charge < -0.3 is 0 Å². The van der Waals surface area contributed by atoms with E-state index in [1.54, 1.807) is 0 Å². The van der Waals surface area contributed by atoms with Gasteiger partial charge in [-0.2, -0.15) is 0 Å².